The zero-order chi connectivity index (χ0) is 16.7. The number of aliphatic hydroxyl groups is 1. The molecule has 1 amide bonds. The lowest BCUT2D eigenvalue weighted by molar-refractivity contribution is -0.120. The van der Waals surface area contributed by atoms with Gasteiger partial charge in [0.25, 0.3) is 0 Å². The van der Waals surface area contributed by atoms with Crippen LogP contribution in [-0.2, 0) is 4.79 Å². The van der Waals surface area contributed by atoms with Crippen LogP contribution in [0.15, 0.2) is 60.7 Å². The number of nitrogens with one attached hydrogen (secondary N) is 1. The predicted octanol–water partition coefficient (Wildman–Crippen LogP) is 2.75. The molecule has 2 aromatic rings. The van der Waals surface area contributed by atoms with Crippen molar-refractivity contribution in [3.05, 3.63) is 66.2 Å². The highest BCUT2D eigenvalue weighted by Gasteiger charge is 2.15. The summed E-state index contributed by atoms with van der Waals surface area (Å²) in [6, 6.07) is 19.5. The van der Waals surface area contributed by atoms with E-state index in [0.717, 1.165) is 11.3 Å². The van der Waals surface area contributed by atoms with E-state index in [1.165, 1.54) is 0 Å². The van der Waals surface area contributed by atoms with E-state index in [1.807, 2.05) is 72.5 Å². The quantitative estimate of drug-likeness (QED) is 0.826. The van der Waals surface area contributed by atoms with Crippen LogP contribution >= 0.6 is 0 Å². The standard InChI is InChI=1S/C19H24N2O2/c1-15(22)13-21(18-11-7-4-8-12-18)14-19(23)20-16(2)17-9-5-3-6-10-17/h3-12,15-16,22H,13-14H2,1-2H3,(H,20,23)/t15-,16-/m1/s1. The highest BCUT2D eigenvalue weighted by molar-refractivity contribution is 5.81. The van der Waals surface area contributed by atoms with Crippen LogP contribution < -0.4 is 10.2 Å². The number of para-hydroxylation sites is 1. The van der Waals surface area contributed by atoms with Gasteiger partial charge in [-0.05, 0) is 31.5 Å². The van der Waals surface area contributed by atoms with Crippen LogP contribution in [0.25, 0.3) is 0 Å². The fourth-order valence-electron chi connectivity index (χ4n) is 2.50. The van der Waals surface area contributed by atoms with Gasteiger partial charge in [-0.1, -0.05) is 48.5 Å². The second-order valence-electron chi connectivity index (χ2n) is 5.76. The summed E-state index contributed by atoms with van der Waals surface area (Å²) in [5, 5.41) is 12.7. The van der Waals surface area contributed by atoms with Crippen molar-refractivity contribution in [1.29, 1.82) is 0 Å². The largest absolute Gasteiger partial charge is 0.392 e. The van der Waals surface area contributed by atoms with E-state index >= 15 is 0 Å². The smallest absolute Gasteiger partial charge is 0.239 e. The zero-order valence-corrected chi connectivity index (χ0v) is 13.6. The monoisotopic (exact) mass is 312 g/mol. The third-order valence-corrected chi connectivity index (χ3v) is 3.62. The summed E-state index contributed by atoms with van der Waals surface area (Å²) in [5.74, 6) is -0.0640. The Morgan fingerprint density at radius 2 is 1.61 bits per heavy atom. The SMILES string of the molecule is C[C@@H](O)CN(CC(=O)N[C@H](C)c1ccccc1)c1ccccc1. The van der Waals surface area contributed by atoms with Crippen molar-refractivity contribution in [2.45, 2.75) is 26.0 Å². The third-order valence-electron chi connectivity index (χ3n) is 3.62. The van der Waals surface area contributed by atoms with Gasteiger partial charge in [0.05, 0.1) is 18.7 Å². The summed E-state index contributed by atoms with van der Waals surface area (Å²) in [5.41, 5.74) is 2.00. The van der Waals surface area contributed by atoms with E-state index in [-0.39, 0.29) is 18.5 Å². The average Bonchev–Trinajstić information content (AvgIpc) is 2.55. The molecule has 2 rings (SSSR count). The normalized spacial score (nSPS) is 13.2. The van der Waals surface area contributed by atoms with Crippen molar-refractivity contribution in [1.82, 2.24) is 5.32 Å². The number of anilines is 1. The lowest BCUT2D eigenvalue weighted by atomic mass is 10.1. The van der Waals surface area contributed by atoms with Crippen LogP contribution in [0.1, 0.15) is 25.5 Å². The first-order valence-electron chi connectivity index (χ1n) is 7.88. The van der Waals surface area contributed by atoms with Crippen LogP contribution in [0.4, 0.5) is 5.69 Å². The van der Waals surface area contributed by atoms with Gasteiger partial charge in [-0.15, -0.1) is 0 Å². The molecule has 4 heteroatoms. The Hall–Kier alpha value is -2.33. The van der Waals surface area contributed by atoms with Crippen molar-refractivity contribution >= 4 is 11.6 Å². The highest BCUT2D eigenvalue weighted by atomic mass is 16.3. The van der Waals surface area contributed by atoms with E-state index in [2.05, 4.69) is 5.32 Å². The summed E-state index contributed by atoms with van der Waals surface area (Å²) in [6.07, 6.45) is -0.505. The molecule has 0 aliphatic heterocycles. The molecule has 0 bridgehead atoms. The Morgan fingerprint density at radius 3 is 2.17 bits per heavy atom. The lowest BCUT2D eigenvalue weighted by Crippen LogP contribution is -2.41. The zero-order valence-electron chi connectivity index (χ0n) is 13.6. The van der Waals surface area contributed by atoms with Crippen molar-refractivity contribution < 1.29 is 9.90 Å². The fourth-order valence-corrected chi connectivity index (χ4v) is 2.50. The minimum absolute atomic E-state index is 0.0483. The van der Waals surface area contributed by atoms with Gasteiger partial charge in [0.2, 0.25) is 5.91 Å². The molecule has 122 valence electrons. The van der Waals surface area contributed by atoms with Gasteiger partial charge in [0.15, 0.2) is 0 Å². The fraction of sp³-hybridized carbons (Fsp3) is 0.316. The van der Waals surface area contributed by atoms with Gasteiger partial charge in [0, 0.05) is 12.2 Å². The maximum Gasteiger partial charge on any atom is 0.239 e. The van der Waals surface area contributed by atoms with E-state index < -0.39 is 6.10 Å². The summed E-state index contributed by atoms with van der Waals surface area (Å²) >= 11 is 0. The second-order valence-corrected chi connectivity index (χ2v) is 5.76. The van der Waals surface area contributed by atoms with Crippen molar-refractivity contribution in [2.75, 3.05) is 18.0 Å². The van der Waals surface area contributed by atoms with Crippen molar-refractivity contribution in [3.63, 3.8) is 0 Å². The molecule has 0 saturated heterocycles. The maximum absolute atomic E-state index is 12.4. The number of hydrogen-bond acceptors (Lipinski definition) is 3. The van der Waals surface area contributed by atoms with Crippen LogP contribution in [-0.4, -0.2) is 30.2 Å². The predicted molar refractivity (Wildman–Crippen MR) is 93.3 cm³/mol. The number of aliphatic hydroxyl groups excluding tert-OH is 1. The Labute approximate surface area is 137 Å². The topological polar surface area (TPSA) is 52.6 Å². The van der Waals surface area contributed by atoms with Crippen molar-refractivity contribution in [3.8, 4) is 0 Å². The molecule has 23 heavy (non-hydrogen) atoms. The number of hydrogen-bond donors (Lipinski definition) is 2. The summed E-state index contributed by atoms with van der Waals surface area (Å²) in [4.78, 5) is 14.2. The number of amides is 1. The minimum atomic E-state index is -0.505. The molecule has 2 atom stereocenters. The average molecular weight is 312 g/mol. The van der Waals surface area contributed by atoms with E-state index in [0.29, 0.717) is 6.54 Å². The van der Waals surface area contributed by atoms with Crippen LogP contribution in [0.5, 0.6) is 0 Å². The molecule has 0 heterocycles. The molecule has 0 saturated carbocycles. The molecule has 0 spiro atoms. The first-order valence-corrected chi connectivity index (χ1v) is 7.88. The van der Waals surface area contributed by atoms with Crippen LogP contribution in [0.3, 0.4) is 0 Å². The lowest BCUT2D eigenvalue weighted by Gasteiger charge is -2.26. The second kappa shape index (κ2) is 8.34. The molecule has 4 nitrogen and oxygen atoms in total. The van der Waals surface area contributed by atoms with Crippen LogP contribution in [0.2, 0.25) is 0 Å². The Kier molecular flexibility index (Phi) is 6.18. The molecule has 0 aliphatic rings. The number of carbonyl (C=O) groups excluding carboxylic acids is 1. The number of rotatable bonds is 7. The molecule has 0 aliphatic carbocycles. The van der Waals surface area contributed by atoms with E-state index in [1.54, 1.807) is 6.92 Å². The molecule has 0 unspecified atom stereocenters. The first-order chi connectivity index (χ1) is 11.1. The molecule has 2 N–H and O–H groups in total. The summed E-state index contributed by atoms with van der Waals surface area (Å²) in [6.45, 7) is 4.32. The van der Waals surface area contributed by atoms with E-state index in [9.17, 15) is 9.90 Å². The van der Waals surface area contributed by atoms with Crippen molar-refractivity contribution in [2.24, 2.45) is 0 Å². The van der Waals surface area contributed by atoms with Crippen LogP contribution in [0, 0.1) is 0 Å². The maximum atomic E-state index is 12.4. The molecule has 0 radical (unpaired) electrons. The molecule has 2 aromatic carbocycles. The Morgan fingerprint density at radius 1 is 1.04 bits per heavy atom. The highest BCUT2D eigenvalue weighted by Crippen LogP contribution is 2.15. The van der Waals surface area contributed by atoms with Gasteiger partial charge in [0.1, 0.15) is 0 Å². The third kappa shape index (κ3) is 5.42. The Balaban J connectivity index is 2.00. The number of benzene rings is 2. The van der Waals surface area contributed by atoms with Gasteiger partial charge >= 0.3 is 0 Å². The molecule has 0 aromatic heterocycles. The van der Waals surface area contributed by atoms with Gasteiger partial charge in [-0.25, -0.2) is 0 Å². The molecular formula is C19H24N2O2. The molecule has 0 fully saturated rings. The minimum Gasteiger partial charge on any atom is -0.392 e. The first kappa shape index (κ1) is 17.0. The summed E-state index contributed by atoms with van der Waals surface area (Å²) in [7, 11) is 0. The molecular weight excluding hydrogens is 288 g/mol. The number of nitrogens with zero attached hydrogens (tertiary/aromatic N) is 1. The number of carbonyl (C=O) groups is 1. The summed E-state index contributed by atoms with van der Waals surface area (Å²) < 4.78 is 0. The van der Waals surface area contributed by atoms with Gasteiger partial charge in [-0.3, -0.25) is 4.79 Å². The Bertz CT molecular complexity index is 599. The van der Waals surface area contributed by atoms with Gasteiger partial charge in [-0.2, -0.15) is 0 Å². The van der Waals surface area contributed by atoms with Gasteiger partial charge < -0.3 is 15.3 Å². The van der Waals surface area contributed by atoms with E-state index in [4.69, 9.17) is 0 Å².